The highest BCUT2D eigenvalue weighted by Crippen LogP contribution is 2.26. The number of para-hydroxylation sites is 1. The first-order valence-corrected chi connectivity index (χ1v) is 8.75. The minimum atomic E-state index is -0.377. The van der Waals surface area contributed by atoms with Crippen molar-refractivity contribution in [1.29, 1.82) is 0 Å². The first-order chi connectivity index (χ1) is 13.1. The largest absolute Gasteiger partial charge is 0.497 e. The molecule has 1 aromatic heterocycles. The van der Waals surface area contributed by atoms with Crippen LogP contribution in [-0.2, 0) is 9.53 Å². The van der Waals surface area contributed by atoms with Gasteiger partial charge in [0.25, 0.3) is 0 Å². The van der Waals surface area contributed by atoms with Gasteiger partial charge in [0, 0.05) is 23.4 Å². The van der Waals surface area contributed by atoms with Crippen molar-refractivity contribution in [3.63, 3.8) is 0 Å². The summed E-state index contributed by atoms with van der Waals surface area (Å²) in [4.78, 5) is 11.9. The number of hydrogen-bond acceptors (Lipinski definition) is 4. The third-order valence-corrected chi connectivity index (χ3v) is 3.88. The lowest BCUT2D eigenvalue weighted by atomic mass is 10.1. The van der Waals surface area contributed by atoms with Gasteiger partial charge in [0.2, 0.25) is 0 Å². The Morgan fingerprint density at radius 2 is 1.78 bits per heavy atom. The normalized spacial score (nSPS) is 11.1. The molecule has 0 saturated carbocycles. The van der Waals surface area contributed by atoms with Gasteiger partial charge in [-0.1, -0.05) is 18.2 Å². The van der Waals surface area contributed by atoms with Crippen molar-refractivity contribution in [2.75, 3.05) is 7.11 Å². The molecule has 0 N–H and O–H groups in total. The van der Waals surface area contributed by atoms with Gasteiger partial charge >= 0.3 is 5.97 Å². The molecule has 0 spiro atoms. The number of benzene rings is 2. The predicted octanol–water partition coefficient (Wildman–Crippen LogP) is 4.51. The Morgan fingerprint density at radius 1 is 1.07 bits per heavy atom. The minimum Gasteiger partial charge on any atom is -0.497 e. The molecule has 1 heterocycles. The number of esters is 1. The van der Waals surface area contributed by atoms with Gasteiger partial charge in [-0.2, -0.15) is 5.10 Å². The second-order valence-corrected chi connectivity index (χ2v) is 6.26. The molecule has 27 heavy (non-hydrogen) atoms. The van der Waals surface area contributed by atoms with E-state index < -0.39 is 0 Å². The number of aromatic nitrogens is 2. The lowest BCUT2D eigenvalue weighted by molar-refractivity contribution is -0.141. The fourth-order valence-corrected chi connectivity index (χ4v) is 2.62. The number of methoxy groups -OCH3 is 1. The maximum atomic E-state index is 11.9. The van der Waals surface area contributed by atoms with Crippen LogP contribution in [0, 0.1) is 0 Å². The first kappa shape index (κ1) is 18.5. The molecule has 0 fully saturated rings. The van der Waals surface area contributed by atoms with E-state index in [9.17, 15) is 4.79 Å². The number of nitrogens with zero attached hydrogens (tertiary/aromatic N) is 2. The summed E-state index contributed by atoms with van der Waals surface area (Å²) in [6, 6.07) is 17.5. The lowest BCUT2D eigenvalue weighted by Gasteiger charge is -2.04. The third kappa shape index (κ3) is 4.64. The minimum absolute atomic E-state index is 0.157. The Kier molecular flexibility index (Phi) is 5.71. The Hall–Kier alpha value is -3.34. The highest BCUT2D eigenvalue weighted by Gasteiger charge is 2.11. The van der Waals surface area contributed by atoms with Crippen LogP contribution < -0.4 is 4.74 Å². The summed E-state index contributed by atoms with van der Waals surface area (Å²) < 4.78 is 12.2. The van der Waals surface area contributed by atoms with E-state index in [1.165, 1.54) is 6.08 Å². The molecule has 5 heteroatoms. The summed E-state index contributed by atoms with van der Waals surface area (Å²) in [6.45, 7) is 3.64. The first-order valence-electron chi connectivity index (χ1n) is 8.75. The lowest BCUT2D eigenvalue weighted by Crippen LogP contribution is -2.08. The zero-order chi connectivity index (χ0) is 19.2. The smallest absolute Gasteiger partial charge is 0.331 e. The summed E-state index contributed by atoms with van der Waals surface area (Å²) in [5.41, 5.74) is 3.47. The number of ether oxygens (including phenoxy) is 2. The molecule has 0 amide bonds. The standard InChI is InChI=1S/C22H22N2O3/c1-16(2)27-21(25)14-11-18-15-24(19-7-5-4-6-8-19)23-22(18)17-9-12-20(26-3)13-10-17/h4-16H,1-3H3/b14-11+. The van der Waals surface area contributed by atoms with Crippen molar-refractivity contribution < 1.29 is 14.3 Å². The van der Waals surface area contributed by atoms with Crippen LogP contribution in [0.2, 0.25) is 0 Å². The molecule has 3 rings (SSSR count). The van der Waals surface area contributed by atoms with Gasteiger partial charge in [-0.15, -0.1) is 0 Å². The van der Waals surface area contributed by atoms with E-state index in [4.69, 9.17) is 14.6 Å². The van der Waals surface area contributed by atoms with Crippen LogP contribution in [-0.4, -0.2) is 29.0 Å². The average Bonchev–Trinajstić information content (AvgIpc) is 3.11. The van der Waals surface area contributed by atoms with Crippen molar-refractivity contribution >= 4 is 12.0 Å². The van der Waals surface area contributed by atoms with E-state index in [-0.39, 0.29) is 12.1 Å². The fourth-order valence-electron chi connectivity index (χ4n) is 2.62. The zero-order valence-corrected chi connectivity index (χ0v) is 15.6. The van der Waals surface area contributed by atoms with Crippen LogP contribution in [0.25, 0.3) is 23.0 Å². The van der Waals surface area contributed by atoms with Crippen molar-refractivity contribution in [3.8, 4) is 22.7 Å². The highest BCUT2D eigenvalue weighted by atomic mass is 16.5. The third-order valence-electron chi connectivity index (χ3n) is 3.88. The van der Waals surface area contributed by atoms with Gasteiger partial charge in [0.05, 0.1) is 24.6 Å². The van der Waals surface area contributed by atoms with E-state index >= 15 is 0 Å². The van der Waals surface area contributed by atoms with E-state index in [0.29, 0.717) is 0 Å². The molecule has 138 valence electrons. The van der Waals surface area contributed by atoms with E-state index in [0.717, 1.165) is 28.3 Å². The summed E-state index contributed by atoms with van der Waals surface area (Å²) in [5.74, 6) is 0.400. The second-order valence-electron chi connectivity index (χ2n) is 6.26. The van der Waals surface area contributed by atoms with Gasteiger partial charge in [-0.3, -0.25) is 0 Å². The van der Waals surface area contributed by atoms with Crippen LogP contribution in [0.4, 0.5) is 0 Å². The molecule has 0 aliphatic carbocycles. The SMILES string of the molecule is COc1ccc(-c2nn(-c3ccccc3)cc2/C=C/C(=O)OC(C)C)cc1. The van der Waals surface area contributed by atoms with Gasteiger partial charge in [0.1, 0.15) is 5.75 Å². The molecular weight excluding hydrogens is 340 g/mol. The topological polar surface area (TPSA) is 53.4 Å². The van der Waals surface area contributed by atoms with Crippen LogP contribution in [0.3, 0.4) is 0 Å². The average molecular weight is 362 g/mol. The molecule has 0 atom stereocenters. The monoisotopic (exact) mass is 362 g/mol. The van der Waals surface area contributed by atoms with Gasteiger partial charge in [-0.05, 0) is 56.3 Å². The van der Waals surface area contributed by atoms with E-state index in [1.807, 2.05) is 74.6 Å². The van der Waals surface area contributed by atoms with Crippen molar-refractivity contribution in [2.24, 2.45) is 0 Å². The molecule has 3 aromatic rings. The molecule has 0 radical (unpaired) electrons. The van der Waals surface area contributed by atoms with E-state index in [2.05, 4.69) is 0 Å². The maximum absolute atomic E-state index is 11.9. The maximum Gasteiger partial charge on any atom is 0.331 e. The van der Waals surface area contributed by atoms with Gasteiger partial charge < -0.3 is 9.47 Å². The number of hydrogen-bond donors (Lipinski definition) is 0. The van der Waals surface area contributed by atoms with Crippen molar-refractivity contribution in [3.05, 3.63) is 72.4 Å². The Bertz CT molecular complexity index is 926. The Morgan fingerprint density at radius 3 is 2.41 bits per heavy atom. The Balaban J connectivity index is 1.99. The van der Waals surface area contributed by atoms with Gasteiger partial charge in [-0.25, -0.2) is 9.48 Å². The molecule has 0 aliphatic rings. The second kappa shape index (κ2) is 8.36. The van der Waals surface area contributed by atoms with Crippen molar-refractivity contribution in [2.45, 2.75) is 20.0 Å². The number of carbonyl (C=O) groups is 1. The molecule has 0 bridgehead atoms. The molecule has 0 saturated heterocycles. The molecule has 0 aliphatic heterocycles. The highest BCUT2D eigenvalue weighted by molar-refractivity contribution is 5.88. The molecule has 0 unspecified atom stereocenters. The fraction of sp³-hybridized carbons (Fsp3) is 0.182. The predicted molar refractivity (Wildman–Crippen MR) is 106 cm³/mol. The quantitative estimate of drug-likeness (QED) is 0.478. The summed E-state index contributed by atoms with van der Waals surface area (Å²) in [5, 5.41) is 4.72. The molecule has 2 aromatic carbocycles. The van der Waals surface area contributed by atoms with Crippen LogP contribution in [0.15, 0.2) is 66.9 Å². The summed E-state index contributed by atoms with van der Waals surface area (Å²) in [6.07, 6.45) is 4.90. The molecule has 5 nitrogen and oxygen atoms in total. The Labute approximate surface area is 158 Å². The molecular formula is C22H22N2O3. The van der Waals surface area contributed by atoms with Crippen LogP contribution in [0.5, 0.6) is 5.75 Å². The number of rotatable bonds is 6. The summed E-state index contributed by atoms with van der Waals surface area (Å²) in [7, 11) is 1.63. The van der Waals surface area contributed by atoms with E-state index in [1.54, 1.807) is 17.9 Å². The van der Waals surface area contributed by atoms with Crippen molar-refractivity contribution in [1.82, 2.24) is 9.78 Å². The van der Waals surface area contributed by atoms with Crippen LogP contribution >= 0.6 is 0 Å². The van der Waals surface area contributed by atoms with Crippen LogP contribution in [0.1, 0.15) is 19.4 Å². The summed E-state index contributed by atoms with van der Waals surface area (Å²) >= 11 is 0. The number of carbonyl (C=O) groups excluding carboxylic acids is 1. The van der Waals surface area contributed by atoms with Gasteiger partial charge in [0.15, 0.2) is 0 Å². The zero-order valence-electron chi connectivity index (χ0n) is 15.6.